The Balaban J connectivity index is 2.89. The van der Waals surface area contributed by atoms with Gasteiger partial charge in [-0.3, -0.25) is 9.59 Å². The number of hydrogen-bond acceptors (Lipinski definition) is 3. The van der Waals surface area contributed by atoms with Crippen molar-refractivity contribution in [1.29, 1.82) is 0 Å². The van der Waals surface area contributed by atoms with Gasteiger partial charge in [0.1, 0.15) is 11.7 Å². The van der Waals surface area contributed by atoms with Gasteiger partial charge in [0.05, 0.1) is 12.3 Å². The topological polar surface area (TPSA) is 75.6 Å². The Morgan fingerprint density at radius 2 is 2.16 bits per heavy atom. The molecule has 0 aromatic heterocycles. The third-order valence-corrected chi connectivity index (χ3v) is 2.66. The van der Waals surface area contributed by atoms with Crippen LogP contribution in [0.25, 0.3) is 0 Å². The smallest absolute Gasteiger partial charge is 0.315 e. The molecule has 1 amide bonds. The Labute approximate surface area is 116 Å². The summed E-state index contributed by atoms with van der Waals surface area (Å²) in [7, 11) is 0. The summed E-state index contributed by atoms with van der Waals surface area (Å²) < 4.78 is 5.46. The summed E-state index contributed by atoms with van der Waals surface area (Å²) in [4.78, 5) is 22.4. The molecule has 0 spiro atoms. The second-order valence-corrected chi connectivity index (χ2v) is 4.47. The number of anilines is 1. The largest absolute Gasteiger partial charge is 0.491 e. The molecule has 0 radical (unpaired) electrons. The first-order chi connectivity index (χ1) is 8.95. The van der Waals surface area contributed by atoms with Crippen molar-refractivity contribution in [2.24, 2.45) is 5.92 Å². The van der Waals surface area contributed by atoms with E-state index in [1.54, 1.807) is 12.1 Å². The lowest BCUT2D eigenvalue weighted by molar-refractivity contribution is -0.144. The number of rotatable bonds is 6. The highest BCUT2D eigenvalue weighted by atomic mass is 35.5. The van der Waals surface area contributed by atoms with Gasteiger partial charge in [-0.15, -0.1) is 0 Å². The van der Waals surface area contributed by atoms with Gasteiger partial charge in [0, 0.05) is 5.02 Å². The number of amides is 1. The fourth-order valence-electron chi connectivity index (χ4n) is 1.29. The lowest BCUT2D eigenvalue weighted by atomic mass is 10.1. The molecule has 1 aromatic rings. The van der Waals surface area contributed by atoms with Crippen LogP contribution in [0.2, 0.25) is 5.02 Å². The number of carbonyl (C=O) groups excluding carboxylic acids is 1. The zero-order chi connectivity index (χ0) is 14.4. The summed E-state index contributed by atoms with van der Waals surface area (Å²) >= 11 is 5.85. The van der Waals surface area contributed by atoms with Crippen LogP contribution in [0.3, 0.4) is 0 Å². The highest BCUT2D eigenvalue weighted by Gasteiger charge is 2.21. The van der Waals surface area contributed by atoms with Crippen molar-refractivity contribution in [1.82, 2.24) is 0 Å². The molecule has 6 heteroatoms. The molecule has 0 fully saturated rings. The van der Waals surface area contributed by atoms with Gasteiger partial charge in [0.15, 0.2) is 0 Å². The fourth-order valence-corrected chi connectivity index (χ4v) is 1.46. The molecule has 1 rings (SSSR count). The fraction of sp³-hybridized carbons (Fsp3) is 0.385. The monoisotopic (exact) mass is 285 g/mol. The minimum Gasteiger partial charge on any atom is -0.491 e. The Kier molecular flexibility index (Phi) is 5.63. The van der Waals surface area contributed by atoms with Gasteiger partial charge in [-0.1, -0.05) is 18.5 Å². The summed E-state index contributed by atoms with van der Waals surface area (Å²) in [5.74, 6) is -2.47. The zero-order valence-electron chi connectivity index (χ0n) is 10.8. The van der Waals surface area contributed by atoms with Crippen molar-refractivity contribution < 1.29 is 19.4 Å². The molecular weight excluding hydrogens is 270 g/mol. The highest BCUT2D eigenvalue weighted by molar-refractivity contribution is 6.31. The lowest BCUT2D eigenvalue weighted by Crippen LogP contribution is -2.27. The van der Waals surface area contributed by atoms with Gasteiger partial charge in [0.25, 0.3) is 0 Å². The van der Waals surface area contributed by atoms with Crippen molar-refractivity contribution in [3.8, 4) is 5.75 Å². The summed E-state index contributed by atoms with van der Waals surface area (Å²) in [6, 6.07) is 4.81. The molecule has 0 saturated heterocycles. The average Bonchev–Trinajstić information content (AvgIpc) is 2.36. The number of carboxylic acid groups (broad SMARTS) is 1. The molecule has 0 aliphatic heterocycles. The Morgan fingerprint density at radius 3 is 2.74 bits per heavy atom. The van der Waals surface area contributed by atoms with Crippen molar-refractivity contribution in [3.05, 3.63) is 23.2 Å². The van der Waals surface area contributed by atoms with Gasteiger partial charge >= 0.3 is 5.97 Å². The quantitative estimate of drug-likeness (QED) is 0.788. The van der Waals surface area contributed by atoms with E-state index < -0.39 is 17.8 Å². The van der Waals surface area contributed by atoms with E-state index in [2.05, 4.69) is 5.32 Å². The van der Waals surface area contributed by atoms with Crippen LogP contribution in [0.4, 0.5) is 5.69 Å². The molecular formula is C13H16ClNO4. The number of carbonyl (C=O) groups is 2. The third kappa shape index (κ3) is 4.44. The van der Waals surface area contributed by atoms with Crippen LogP contribution in [0.5, 0.6) is 5.75 Å². The molecule has 5 nitrogen and oxygen atoms in total. The second kappa shape index (κ2) is 6.99. The highest BCUT2D eigenvalue weighted by Crippen LogP contribution is 2.28. The van der Waals surface area contributed by atoms with Crippen LogP contribution in [0.15, 0.2) is 18.2 Å². The zero-order valence-corrected chi connectivity index (χ0v) is 11.5. The molecule has 1 unspecified atom stereocenters. The van der Waals surface area contributed by atoms with Gasteiger partial charge in [-0.05, 0) is 31.5 Å². The van der Waals surface area contributed by atoms with E-state index >= 15 is 0 Å². The summed E-state index contributed by atoms with van der Waals surface area (Å²) in [6.45, 7) is 3.77. The number of benzene rings is 1. The van der Waals surface area contributed by atoms with Crippen LogP contribution in [-0.4, -0.2) is 23.6 Å². The summed E-state index contributed by atoms with van der Waals surface area (Å²) in [6.07, 6.45) is 0.821. The maximum Gasteiger partial charge on any atom is 0.315 e. The first-order valence-electron chi connectivity index (χ1n) is 5.91. The Bertz CT molecular complexity index is 476. The standard InChI is InChI=1S/C13H16ClNO4/c1-3-6-19-11-5-4-9(14)7-10(11)15-12(16)8(2)13(17)18/h4-5,7-8H,3,6H2,1-2H3,(H,15,16)(H,17,18). The van der Waals surface area contributed by atoms with Gasteiger partial charge in [0.2, 0.25) is 5.91 Å². The van der Waals surface area contributed by atoms with Crippen LogP contribution >= 0.6 is 11.6 Å². The maximum absolute atomic E-state index is 11.7. The van der Waals surface area contributed by atoms with Crippen molar-refractivity contribution in [3.63, 3.8) is 0 Å². The van der Waals surface area contributed by atoms with Crippen LogP contribution < -0.4 is 10.1 Å². The number of aliphatic carboxylic acids is 1. The Morgan fingerprint density at radius 1 is 1.47 bits per heavy atom. The second-order valence-electron chi connectivity index (χ2n) is 4.04. The van der Waals surface area contributed by atoms with Crippen LogP contribution in [0, 0.1) is 5.92 Å². The first kappa shape index (κ1) is 15.3. The summed E-state index contributed by atoms with van der Waals surface area (Å²) in [5.41, 5.74) is 0.374. The number of hydrogen-bond donors (Lipinski definition) is 2. The number of carboxylic acids is 1. The molecule has 0 aliphatic carbocycles. The first-order valence-corrected chi connectivity index (χ1v) is 6.29. The normalized spacial score (nSPS) is 11.7. The van der Waals surface area contributed by atoms with E-state index in [4.69, 9.17) is 21.4 Å². The minimum atomic E-state index is -1.18. The lowest BCUT2D eigenvalue weighted by Gasteiger charge is -2.13. The van der Waals surface area contributed by atoms with Crippen molar-refractivity contribution in [2.75, 3.05) is 11.9 Å². The Hall–Kier alpha value is -1.75. The predicted octanol–water partition coefficient (Wildman–Crippen LogP) is 2.79. The van der Waals surface area contributed by atoms with E-state index in [0.717, 1.165) is 6.42 Å². The maximum atomic E-state index is 11.7. The van der Waals surface area contributed by atoms with Crippen molar-refractivity contribution in [2.45, 2.75) is 20.3 Å². The SMILES string of the molecule is CCCOc1ccc(Cl)cc1NC(=O)C(C)C(=O)O. The van der Waals surface area contributed by atoms with Crippen LogP contribution in [-0.2, 0) is 9.59 Å². The molecule has 0 aliphatic rings. The molecule has 0 heterocycles. The van der Waals surface area contributed by atoms with Gasteiger partial charge < -0.3 is 15.2 Å². The van der Waals surface area contributed by atoms with E-state index in [0.29, 0.717) is 23.1 Å². The molecule has 0 bridgehead atoms. The number of halogens is 1. The van der Waals surface area contributed by atoms with E-state index in [9.17, 15) is 9.59 Å². The van der Waals surface area contributed by atoms with Crippen LogP contribution in [0.1, 0.15) is 20.3 Å². The summed E-state index contributed by atoms with van der Waals surface area (Å²) in [5, 5.41) is 11.7. The van der Waals surface area contributed by atoms with E-state index in [1.807, 2.05) is 6.92 Å². The van der Waals surface area contributed by atoms with E-state index in [-0.39, 0.29) is 0 Å². The molecule has 1 atom stereocenters. The molecule has 19 heavy (non-hydrogen) atoms. The molecule has 0 saturated carbocycles. The minimum absolute atomic E-state index is 0.374. The molecule has 1 aromatic carbocycles. The van der Waals surface area contributed by atoms with Crippen molar-refractivity contribution >= 4 is 29.2 Å². The molecule has 2 N–H and O–H groups in total. The third-order valence-electron chi connectivity index (χ3n) is 2.42. The van der Waals surface area contributed by atoms with E-state index in [1.165, 1.54) is 13.0 Å². The number of nitrogens with one attached hydrogen (secondary N) is 1. The predicted molar refractivity (Wildman–Crippen MR) is 72.7 cm³/mol. The average molecular weight is 286 g/mol. The van der Waals surface area contributed by atoms with Gasteiger partial charge in [-0.2, -0.15) is 0 Å². The molecule has 104 valence electrons. The number of ether oxygens (including phenoxy) is 1. The van der Waals surface area contributed by atoms with Gasteiger partial charge in [-0.25, -0.2) is 0 Å².